The van der Waals surface area contributed by atoms with Crippen molar-refractivity contribution >= 4 is 34.8 Å². The first-order valence-electron chi connectivity index (χ1n) is 3.45. The fourth-order valence-corrected chi connectivity index (χ4v) is 1.14. The Kier molecular flexibility index (Phi) is 3.89. The second kappa shape index (κ2) is 4.31. The van der Waals surface area contributed by atoms with Crippen molar-refractivity contribution in [2.45, 2.75) is 23.3 Å². The number of halogens is 3. The number of hydrogen-bond donors (Lipinski definition) is 0. The molecule has 2 unspecified atom stereocenters. The highest BCUT2D eigenvalue weighted by molar-refractivity contribution is 6.67. The molecule has 0 aromatic rings. The zero-order valence-electron chi connectivity index (χ0n) is 6.43. The van der Waals surface area contributed by atoms with Crippen LogP contribution >= 0.6 is 34.8 Å². The van der Waals surface area contributed by atoms with Crippen molar-refractivity contribution in [1.82, 2.24) is 0 Å². The lowest BCUT2D eigenvalue weighted by Crippen LogP contribution is -2.33. The van der Waals surface area contributed by atoms with Crippen molar-refractivity contribution in [1.29, 1.82) is 0 Å². The normalized spacial score (nSPS) is 33.0. The van der Waals surface area contributed by atoms with Gasteiger partial charge in [-0.25, -0.2) is 0 Å². The smallest absolute Gasteiger partial charge is 0.241 e. The summed E-state index contributed by atoms with van der Waals surface area (Å²) >= 11 is 16.7. The topological polar surface area (TPSA) is 27.7 Å². The van der Waals surface area contributed by atoms with E-state index in [-0.39, 0.29) is 0 Å². The average Bonchev–Trinajstić information content (AvgIpc) is 2.11. The molecule has 1 aliphatic heterocycles. The third-order valence-corrected chi connectivity index (χ3v) is 1.82. The molecule has 12 heavy (non-hydrogen) atoms. The summed E-state index contributed by atoms with van der Waals surface area (Å²) in [5, 5.41) is 0. The zero-order chi connectivity index (χ0) is 9.19. The van der Waals surface area contributed by atoms with Gasteiger partial charge in [0.1, 0.15) is 0 Å². The number of hydrogen-bond acceptors (Lipinski definition) is 3. The van der Waals surface area contributed by atoms with Crippen molar-refractivity contribution in [2.24, 2.45) is 0 Å². The lowest BCUT2D eigenvalue weighted by molar-refractivity contribution is -0.194. The Bertz CT molecular complexity index is 147. The van der Waals surface area contributed by atoms with Gasteiger partial charge >= 0.3 is 0 Å². The predicted molar refractivity (Wildman–Crippen MR) is 46.5 cm³/mol. The molecule has 0 amide bonds. The molecule has 2 atom stereocenters. The molecule has 1 rings (SSSR count). The molecule has 3 nitrogen and oxygen atoms in total. The van der Waals surface area contributed by atoms with E-state index in [1.807, 2.05) is 0 Å². The molecule has 0 spiro atoms. The quantitative estimate of drug-likeness (QED) is 0.602. The molecule has 0 N–H and O–H groups in total. The Balaban J connectivity index is 2.52. The maximum absolute atomic E-state index is 5.58. The molecule has 72 valence electrons. The van der Waals surface area contributed by atoms with Crippen LogP contribution in [-0.2, 0) is 14.2 Å². The molecular formula is C6H9Cl3O3. The molecule has 0 aliphatic carbocycles. The van der Waals surface area contributed by atoms with Crippen molar-refractivity contribution in [3.8, 4) is 0 Å². The molecule has 1 heterocycles. The van der Waals surface area contributed by atoms with E-state index in [9.17, 15) is 0 Å². The van der Waals surface area contributed by atoms with Gasteiger partial charge in [-0.15, -0.1) is 0 Å². The first-order valence-corrected chi connectivity index (χ1v) is 4.59. The van der Waals surface area contributed by atoms with Gasteiger partial charge in [-0.05, 0) is 6.92 Å². The third kappa shape index (κ3) is 3.24. The highest BCUT2D eigenvalue weighted by Gasteiger charge is 2.37. The van der Waals surface area contributed by atoms with Crippen LogP contribution in [0.1, 0.15) is 6.92 Å². The molecule has 1 saturated heterocycles. The zero-order valence-corrected chi connectivity index (χ0v) is 8.70. The summed E-state index contributed by atoms with van der Waals surface area (Å²) in [6, 6.07) is 0. The van der Waals surface area contributed by atoms with Gasteiger partial charge in [-0.3, -0.25) is 0 Å². The lowest BCUT2D eigenvalue weighted by atomic mass is 10.7. The van der Waals surface area contributed by atoms with Gasteiger partial charge in [0.2, 0.25) is 10.1 Å². The van der Waals surface area contributed by atoms with Gasteiger partial charge in [0.15, 0.2) is 6.29 Å². The fraction of sp³-hybridized carbons (Fsp3) is 1.00. The van der Waals surface area contributed by atoms with Crippen LogP contribution in [0.3, 0.4) is 0 Å². The van der Waals surface area contributed by atoms with E-state index < -0.39 is 16.4 Å². The summed E-state index contributed by atoms with van der Waals surface area (Å²) in [6.07, 6.45) is -1.27. The molecule has 0 aromatic carbocycles. The molecule has 0 radical (unpaired) electrons. The summed E-state index contributed by atoms with van der Waals surface area (Å²) < 4.78 is 13.8. The largest absolute Gasteiger partial charge is 0.350 e. The minimum absolute atomic E-state index is 0.364. The van der Waals surface area contributed by atoms with Gasteiger partial charge in [0.05, 0.1) is 13.2 Å². The van der Waals surface area contributed by atoms with Crippen molar-refractivity contribution < 1.29 is 14.2 Å². The standard InChI is InChI=1S/C6H9Cl3O3/c1-4-10-2-3-11-5(12-4)6(7,8)9/h4-5H,2-3H2,1H3. The van der Waals surface area contributed by atoms with E-state index in [4.69, 9.17) is 49.0 Å². The second-order valence-electron chi connectivity index (χ2n) is 2.32. The molecule has 6 heteroatoms. The average molecular weight is 235 g/mol. The van der Waals surface area contributed by atoms with Crippen molar-refractivity contribution in [2.75, 3.05) is 13.2 Å². The van der Waals surface area contributed by atoms with Crippen LogP contribution in [0.2, 0.25) is 0 Å². The minimum atomic E-state index is -1.57. The van der Waals surface area contributed by atoms with Gasteiger partial charge in [-0.2, -0.15) is 0 Å². The first-order chi connectivity index (χ1) is 5.50. The molecular weight excluding hydrogens is 226 g/mol. The van der Waals surface area contributed by atoms with Crippen LogP contribution in [-0.4, -0.2) is 29.6 Å². The summed E-state index contributed by atoms with van der Waals surface area (Å²) in [5.74, 6) is 0. The van der Waals surface area contributed by atoms with Crippen LogP contribution in [0.4, 0.5) is 0 Å². The number of alkyl halides is 3. The lowest BCUT2D eigenvalue weighted by Gasteiger charge is -2.23. The summed E-state index contributed by atoms with van der Waals surface area (Å²) in [5.41, 5.74) is 0. The van der Waals surface area contributed by atoms with E-state index >= 15 is 0 Å². The molecule has 1 fully saturated rings. The van der Waals surface area contributed by atoms with Gasteiger partial charge < -0.3 is 14.2 Å². The summed E-state index contributed by atoms with van der Waals surface area (Å²) in [6.45, 7) is 2.53. The molecule has 1 aliphatic rings. The predicted octanol–water partition coefficient (Wildman–Crippen LogP) is 2.09. The number of rotatable bonds is 0. The van der Waals surface area contributed by atoms with E-state index in [0.29, 0.717) is 13.2 Å². The maximum atomic E-state index is 5.58. The van der Waals surface area contributed by atoms with Gasteiger partial charge in [0, 0.05) is 0 Å². The fourth-order valence-electron chi connectivity index (χ4n) is 0.793. The maximum Gasteiger partial charge on any atom is 0.241 e. The van der Waals surface area contributed by atoms with Crippen molar-refractivity contribution in [3.05, 3.63) is 0 Å². The van der Waals surface area contributed by atoms with Crippen molar-refractivity contribution in [3.63, 3.8) is 0 Å². The SMILES string of the molecule is CC1OCCOC(C(Cl)(Cl)Cl)O1. The third-order valence-electron chi connectivity index (χ3n) is 1.29. The van der Waals surface area contributed by atoms with Crippen LogP contribution in [0.5, 0.6) is 0 Å². The first kappa shape index (κ1) is 10.8. The van der Waals surface area contributed by atoms with Crippen LogP contribution in [0.25, 0.3) is 0 Å². The minimum Gasteiger partial charge on any atom is -0.350 e. The van der Waals surface area contributed by atoms with Gasteiger partial charge in [0.25, 0.3) is 0 Å². The molecule has 0 saturated carbocycles. The van der Waals surface area contributed by atoms with Crippen LogP contribution in [0.15, 0.2) is 0 Å². The second-order valence-corrected chi connectivity index (χ2v) is 4.69. The highest BCUT2D eigenvalue weighted by Crippen LogP contribution is 2.34. The van der Waals surface area contributed by atoms with E-state index in [2.05, 4.69) is 0 Å². The summed E-state index contributed by atoms with van der Waals surface area (Å²) in [7, 11) is 0. The summed E-state index contributed by atoms with van der Waals surface area (Å²) in [4.78, 5) is 0. The Morgan fingerprint density at radius 3 is 2.33 bits per heavy atom. The highest BCUT2D eigenvalue weighted by atomic mass is 35.6. The Labute approximate surface area is 85.8 Å². The Morgan fingerprint density at radius 1 is 1.17 bits per heavy atom. The molecule has 0 aromatic heterocycles. The molecule has 0 bridgehead atoms. The number of ether oxygens (including phenoxy) is 3. The van der Waals surface area contributed by atoms with E-state index in [1.54, 1.807) is 6.92 Å². The van der Waals surface area contributed by atoms with Crippen LogP contribution in [0, 0.1) is 0 Å². The monoisotopic (exact) mass is 234 g/mol. The Morgan fingerprint density at radius 2 is 1.75 bits per heavy atom. The van der Waals surface area contributed by atoms with Gasteiger partial charge in [-0.1, -0.05) is 34.8 Å². The van der Waals surface area contributed by atoms with E-state index in [1.165, 1.54) is 0 Å². The van der Waals surface area contributed by atoms with E-state index in [0.717, 1.165) is 0 Å². The Hall–Kier alpha value is 0.750. The van der Waals surface area contributed by atoms with Crippen LogP contribution < -0.4 is 0 Å².